The lowest BCUT2D eigenvalue weighted by Crippen LogP contribution is -2.42. The first-order chi connectivity index (χ1) is 16.8. The van der Waals surface area contributed by atoms with E-state index in [0.717, 1.165) is 0 Å². The van der Waals surface area contributed by atoms with Gasteiger partial charge >= 0.3 is 0 Å². The van der Waals surface area contributed by atoms with Crippen LogP contribution in [0.2, 0.25) is 0 Å². The largest absolute Gasteiger partial charge is 0.486 e. The maximum absolute atomic E-state index is 13.1. The molecular weight excluding hydrogens is 452 g/mol. The Kier molecular flexibility index (Phi) is 7.19. The first-order valence-electron chi connectivity index (χ1n) is 11.5. The SMILES string of the molecule is CCN(CC(=O)Nc1ccc(NC(C)=O)cc1)C(=O)[C@@H]1CC(=O)N(c2ccc3c(c2)OCCO3)C1. The summed E-state index contributed by atoms with van der Waals surface area (Å²) in [6.45, 7) is 4.58. The fourth-order valence-electron chi connectivity index (χ4n) is 4.14. The van der Waals surface area contributed by atoms with Crippen molar-refractivity contribution in [2.45, 2.75) is 20.3 Å². The molecular formula is C25H28N4O6. The summed E-state index contributed by atoms with van der Waals surface area (Å²) in [5.74, 6) is -0.255. The van der Waals surface area contributed by atoms with E-state index >= 15 is 0 Å². The minimum atomic E-state index is -0.541. The predicted molar refractivity (Wildman–Crippen MR) is 130 cm³/mol. The van der Waals surface area contributed by atoms with Crippen molar-refractivity contribution in [1.29, 1.82) is 0 Å². The van der Waals surface area contributed by atoms with Gasteiger partial charge in [-0.15, -0.1) is 0 Å². The molecule has 1 fully saturated rings. The molecule has 0 bridgehead atoms. The number of nitrogens with zero attached hydrogens (tertiary/aromatic N) is 2. The average molecular weight is 481 g/mol. The van der Waals surface area contributed by atoms with Crippen LogP contribution in [-0.4, -0.2) is 61.4 Å². The summed E-state index contributed by atoms with van der Waals surface area (Å²) < 4.78 is 11.1. The van der Waals surface area contributed by atoms with E-state index in [2.05, 4.69) is 10.6 Å². The monoisotopic (exact) mass is 480 g/mol. The highest BCUT2D eigenvalue weighted by Crippen LogP contribution is 2.36. The van der Waals surface area contributed by atoms with E-state index in [1.807, 2.05) is 0 Å². The number of amides is 4. The van der Waals surface area contributed by atoms with Crippen LogP contribution in [0.25, 0.3) is 0 Å². The van der Waals surface area contributed by atoms with Gasteiger partial charge in [-0.05, 0) is 43.3 Å². The molecule has 4 amide bonds. The van der Waals surface area contributed by atoms with E-state index < -0.39 is 5.92 Å². The molecule has 4 rings (SSSR count). The van der Waals surface area contributed by atoms with Crippen molar-refractivity contribution in [1.82, 2.24) is 4.90 Å². The fourth-order valence-corrected chi connectivity index (χ4v) is 4.14. The van der Waals surface area contributed by atoms with Gasteiger partial charge in [-0.3, -0.25) is 19.2 Å². The van der Waals surface area contributed by atoms with Crippen molar-refractivity contribution in [3.05, 3.63) is 42.5 Å². The number of likely N-dealkylation sites (N-methyl/N-ethyl adjacent to an activating group) is 1. The highest BCUT2D eigenvalue weighted by molar-refractivity contribution is 6.01. The van der Waals surface area contributed by atoms with Gasteiger partial charge in [-0.2, -0.15) is 0 Å². The number of ether oxygens (including phenoxy) is 2. The molecule has 2 aromatic carbocycles. The summed E-state index contributed by atoms with van der Waals surface area (Å²) in [7, 11) is 0. The number of rotatable bonds is 7. The van der Waals surface area contributed by atoms with E-state index in [4.69, 9.17) is 9.47 Å². The zero-order valence-corrected chi connectivity index (χ0v) is 19.7. The van der Waals surface area contributed by atoms with Crippen molar-refractivity contribution in [3.63, 3.8) is 0 Å². The van der Waals surface area contributed by atoms with E-state index in [9.17, 15) is 19.2 Å². The number of carbonyl (C=O) groups is 4. The summed E-state index contributed by atoms with van der Waals surface area (Å²) in [4.78, 5) is 52.6. The normalized spacial score (nSPS) is 16.6. The number of anilines is 3. The molecule has 0 aliphatic carbocycles. The van der Waals surface area contributed by atoms with Gasteiger partial charge in [0.15, 0.2) is 11.5 Å². The summed E-state index contributed by atoms with van der Waals surface area (Å²) in [6.07, 6.45) is 0.0794. The maximum Gasteiger partial charge on any atom is 0.243 e. The summed E-state index contributed by atoms with van der Waals surface area (Å²) in [5, 5.41) is 5.41. The first-order valence-corrected chi connectivity index (χ1v) is 11.5. The molecule has 10 nitrogen and oxygen atoms in total. The van der Waals surface area contributed by atoms with Gasteiger partial charge < -0.3 is 29.9 Å². The molecule has 35 heavy (non-hydrogen) atoms. The first kappa shape index (κ1) is 24.1. The Labute approximate surface area is 203 Å². The molecule has 2 aliphatic heterocycles. The van der Waals surface area contributed by atoms with Crippen molar-refractivity contribution < 1.29 is 28.7 Å². The van der Waals surface area contributed by atoms with Crippen LogP contribution >= 0.6 is 0 Å². The molecule has 1 atom stereocenters. The van der Waals surface area contributed by atoms with E-state index in [1.54, 1.807) is 54.3 Å². The second-order valence-corrected chi connectivity index (χ2v) is 8.39. The average Bonchev–Trinajstić information content (AvgIpc) is 3.24. The molecule has 2 heterocycles. The fraction of sp³-hybridized carbons (Fsp3) is 0.360. The smallest absolute Gasteiger partial charge is 0.243 e. The summed E-state index contributed by atoms with van der Waals surface area (Å²) in [6, 6.07) is 12.0. The quantitative estimate of drug-likeness (QED) is 0.628. The number of hydrogen-bond donors (Lipinski definition) is 2. The Morgan fingerprint density at radius 2 is 1.66 bits per heavy atom. The van der Waals surface area contributed by atoms with Crippen molar-refractivity contribution >= 4 is 40.7 Å². The van der Waals surface area contributed by atoms with E-state index in [1.165, 1.54) is 11.8 Å². The molecule has 10 heteroatoms. The Bertz CT molecular complexity index is 1130. The van der Waals surface area contributed by atoms with E-state index in [0.29, 0.717) is 48.3 Å². The van der Waals surface area contributed by atoms with Gasteiger partial charge in [-0.25, -0.2) is 0 Å². The van der Waals surface area contributed by atoms with Gasteiger partial charge in [0.1, 0.15) is 13.2 Å². The lowest BCUT2D eigenvalue weighted by Gasteiger charge is -2.24. The molecule has 0 radical (unpaired) electrons. The lowest BCUT2D eigenvalue weighted by atomic mass is 10.1. The summed E-state index contributed by atoms with van der Waals surface area (Å²) in [5.41, 5.74) is 1.82. The zero-order valence-electron chi connectivity index (χ0n) is 19.7. The van der Waals surface area contributed by atoms with Crippen LogP contribution in [0.4, 0.5) is 17.1 Å². The van der Waals surface area contributed by atoms with Gasteiger partial charge in [0.25, 0.3) is 0 Å². The maximum atomic E-state index is 13.1. The minimum absolute atomic E-state index is 0.0794. The van der Waals surface area contributed by atoms with Crippen LogP contribution in [0.3, 0.4) is 0 Å². The Hall–Kier alpha value is -4.08. The van der Waals surface area contributed by atoms with Crippen molar-refractivity contribution in [2.75, 3.05) is 48.4 Å². The third kappa shape index (κ3) is 5.71. The number of fused-ring (bicyclic) bond motifs is 1. The topological polar surface area (TPSA) is 117 Å². The van der Waals surface area contributed by atoms with Gasteiger partial charge in [0.2, 0.25) is 23.6 Å². The molecule has 0 saturated carbocycles. The second kappa shape index (κ2) is 10.5. The van der Waals surface area contributed by atoms with E-state index in [-0.39, 0.29) is 43.1 Å². The van der Waals surface area contributed by atoms with Crippen LogP contribution in [0.15, 0.2) is 42.5 Å². The minimum Gasteiger partial charge on any atom is -0.486 e. The lowest BCUT2D eigenvalue weighted by molar-refractivity contribution is -0.138. The van der Waals surface area contributed by atoms with Crippen LogP contribution in [0.5, 0.6) is 11.5 Å². The highest BCUT2D eigenvalue weighted by atomic mass is 16.6. The Balaban J connectivity index is 1.35. The molecule has 2 aliphatic rings. The summed E-state index contributed by atoms with van der Waals surface area (Å²) >= 11 is 0. The van der Waals surface area contributed by atoms with Crippen LogP contribution in [-0.2, 0) is 19.2 Å². The van der Waals surface area contributed by atoms with Gasteiger partial charge in [0.05, 0.1) is 12.5 Å². The molecule has 0 aromatic heterocycles. The number of carbonyl (C=O) groups excluding carboxylic acids is 4. The van der Waals surface area contributed by atoms with Gasteiger partial charge in [-0.1, -0.05) is 0 Å². The third-order valence-electron chi connectivity index (χ3n) is 5.83. The molecule has 1 saturated heterocycles. The van der Waals surface area contributed by atoms with Crippen molar-refractivity contribution in [2.24, 2.45) is 5.92 Å². The third-order valence-corrected chi connectivity index (χ3v) is 5.83. The molecule has 0 spiro atoms. The predicted octanol–water partition coefficient (Wildman–Crippen LogP) is 2.26. The van der Waals surface area contributed by atoms with Crippen LogP contribution in [0, 0.1) is 5.92 Å². The number of hydrogen-bond acceptors (Lipinski definition) is 6. The number of benzene rings is 2. The molecule has 2 aromatic rings. The number of nitrogens with one attached hydrogen (secondary N) is 2. The highest BCUT2D eigenvalue weighted by Gasteiger charge is 2.37. The molecule has 0 unspecified atom stereocenters. The van der Waals surface area contributed by atoms with Crippen molar-refractivity contribution in [3.8, 4) is 11.5 Å². The molecule has 2 N–H and O–H groups in total. The molecule has 184 valence electrons. The Morgan fingerprint density at radius 3 is 2.31 bits per heavy atom. The Morgan fingerprint density at radius 1 is 1.00 bits per heavy atom. The standard InChI is InChI=1S/C25H28N4O6/c1-3-28(15-23(31)27-19-6-4-18(5-7-19)26-16(2)30)25(33)17-12-24(32)29(14-17)20-8-9-21-22(13-20)35-11-10-34-21/h4-9,13,17H,3,10-12,14-15H2,1-2H3,(H,26,30)(H,27,31)/t17-/m1/s1. The van der Waals surface area contributed by atoms with Crippen LogP contribution < -0.4 is 25.0 Å². The zero-order chi connectivity index (χ0) is 24.9. The second-order valence-electron chi connectivity index (χ2n) is 8.39. The van der Waals surface area contributed by atoms with Crippen LogP contribution in [0.1, 0.15) is 20.3 Å². The van der Waals surface area contributed by atoms with Gasteiger partial charge in [0, 0.05) is 49.6 Å².